The predicted octanol–water partition coefficient (Wildman–Crippen LogP) is 1.95. The van der Waals surface area contributed by atoms with Crippen molar-refractivity contribution >= 4 is 17.6 Å². The summed E-state index contributed by atoms with van der Waals surface area (Å²) in [5.41, 5.74) is 5.86. The summed E-state index contributed by atoms with van der Waals surface area (Å²) in [5.74, 6) is -0.932. The van der Waals surface area contributed by atoms with Gasteiger partial charge in [0, 0.05) is 12.6 Å². The molecule has 0 aromatic heterocycles. The van der Waals surface area contributed by atoms with Crippen molar-refractivity contribution in [2.45, 2.75) is 20.3 Å². The van der Waals surface area contributed by atoms with E-state index in [9.17, 15) is 9.59 Å². The molecule has 0 fully saturated rings. The van der Waals surface area contributed by atoms with E-state index in [0.29, 0.717) is 18.1 Å². The molecule has 0 aliphatic rings. The third-order valence-electron chi connectivity index (χ3n) is 3.13. The second-order valence-corrected chi connectivity index (χ2v) is 5.27. The Balaban J connectivity index is 2.99. The van der Waals surface area contributed by atoms with Crippen molar-refractivity contribution in [3.05, 3.63) is 23.8 Å². The first kappa shape index (κ1) is 17.0. The Kier molecular flexibility index (Phi) is 6.17. The van der Waals surface area contributed by atoms with Crippen LogP contribution in [0, 0.1) is 11.8 Å². The van der Waals surface area contributed by atoms with Crippen LogP contribution in [0.5, 0.6) is 5.75 Å². The van der Waals surface area contributed by atoms with Gasteiger partial charge in [-0.05, 0) is 24.5 Å². The molecule has 6 nitrogen and oxygen atoms in total. The molecule has 1 unspecified atom stereocenters. The summed E-state index contributed by atoms with van der Waals surface area (Å²) in [6.45, 7) is 4.23. The summed E-state index contributed by atoms with van der Waals surface area (Å²) in [4.78, 5) is 23.4. The van der Waals surface area contributed by atoms with Crippen LogP contribution in [0.2, 0.25) is 0 Å². The van der Waals surface area contributed by atoms with Gasteiger partial charge in [-0.1, -0.05) is 13.8 Å². The van der Waals surface area contributed by atoms with Gasteiger partial charge in [-0.15, -0.1) is 0 Å². The molecule has 0 radical (unpaired) electrons. The Morgan fingerprint density at radius 2 is 2.05 bits per heavy atom. The van der Waals surface area contributed by atoms with Crippen molar-refractivity contribution in [1.29, 1.82) is 0 Å². The highest BCUT2D eigenvalue weighted by molar-refractivity contribution is 6.01. The van der Waals surface area contributed by atoms with Crippen molar-refractivity contribution in [2.24, 2.45) is 17.6 Å². The van der Waals surface area contributed by atoms with Gasteiger partial charge >= 0.3 is 5.97 Å². The second kappa shape index (κ2) is 7.64. The number of benzene rings is 1. The second-order valence-electron chi connectivity index (χ2n) is 5.27. The predicted molar refractivity (Wildman–Crippen MR) is 80.6 cm³/mol. The largest absolute Gasteiger partial charge is 0.497 e. The lowest BCUT2D eigenvalue weighted by atomic mass is 9.96. The Hall–Kier alpha value is -2.08. The molecule has 1 aromatic rings. The number of ether oxygens (including phenoxy) is 1. The fraction of sp³-hybridized carbons (Fsp3) is 0.467. The van der Waals surface area contributed by atoms with Gasteiger partial charge < -0.3 is 20.9 Å². The van der Waals surface area contributed by atoms with Crippen molar-refractivity contribution in [3.63, 3.8) is 0 Å². The van der Waals surface area contributed by atoms with Crippen LogP contribution in [0.3, 0.4) is 0 Å². The Bertz CT molecular complexity index is 514. The van der Waals surface area contributed by atoms with Crippen LogP contribution >= 0.6 is 0 Å². The van der Waals surface area contributed by atoms with Crippen LogP contribution < -0.4 is 15.8 Å². The minimum Gasteiger partial charge on any atom is -0.497 e. The SMILES string of the molecule is COc1ccc(C(=O)O)c(NC(=O)C(CN)CC(C)C)c1. The summed E-state index contributed by atoms with van der Waals surface area (Å²) in [6, 6.07) is 4.43. The lowest BCUT2D eigenvalue weighted by Gasteiger charge is -2.18. The molecule has 0 spiro atoms. The van der Waals surface area contributed by atoms with E-state index in [0.717, 1.165) is 0 Å². The number of carboxylic acids is 1. The van der Waals surface area contributed by atoms with Crippen molar-refractivity contribution in [2.75, 3.05) is 19.0 Å². The molecule has 0 heterocycles. The van der Waals surface area contributed by atoms with Crippen LogP contribution in [0.25, 0.3) is 0 Å². The van der Waals surface area contributed by atoms with E-state index in [1.54, 1.807) is 0 Å². The van der Waals surface area contributed by atoms with Gasteiger partial charge in [0.05, 0.1) is 24.3 Å². The molecule has 1 atom stereocenters. The zero-order chi connectivity index (χ0) is 16.0. The van der Waals surface area contributed by atoms with Gasteiger partial charge in [0.25, 0.3) is 0 Å². The fourth-order valence-electron chi connectivity index (χ4n) is 2.05. The lowest BCUT2D eigenvalue weighted by molar-refractivity contribution is -0.120. The highest BCUT2D eigenvalue weighted by Crippen LogP contribution is 2.24. The zero-order valence-electron chi connectivity index (χ0n) is 12.6. The van der Waals surface area contributed by atoms with E-state index in [-0.39, 0.29) is 29.6 Å². The number of hydrogen-bond acceptors (Lipinski definition) is 4. The average Bonchev–Trinajstić information content (AvgIpc) is 2.43. The van der Waals surface area contributed by atoms with Crippen LogP contribution in [-0.2, 0) is 4.79 Å². The van der Waals surface area contributed by atoms with Crippen LogP contribution in [0.4, 0.5) is 5.69 Å². The summed E-state index contributed by atoms with van der Waals surface area (Å²) in [6.07, 6.45) is 0.648. The smallest absolute Gasteiger partial charge is 0.337 e. The van der Waals surface area contributed by atoms with Crippen molar-refractivity contribution in [3.8, 4) is 5.75 Å². The fourth-order valence-corrected chi connectivity index (χ4v) is 2.05. The van der Waals surface area contributed by atoms with Crippen LogP contribution in [0.1, 0.15) is 30.6 Å². The highest BCUT2D eigenvalue weighted by atomic mass is 16.5. The first-order valence-electron chi connectivity index (χ1n) is 6.81. The summed E-state index contributed by atoms with van der Waals surface area (Å²) < 4.78 is 5.05. The Labute approximate surface area is 124 Å². The topological polar surface area (TPSA) is 102 Å². The first-order chi connectivity index (χ1) is 9.88. The monoisotopic (exact) mass is 294 g/mol. The number of anilines is 1. The molecule has 1 rings (SSSR count). The molecule has 6 heteroatoms. The molecular formula is C15H22N2O4. The quantitative estimate of drug-likeness (QED) is 0.713. The van der Waals surface area contributed by atoms with E-state index in [1.807, 2.05) is 13.8 Å². The van der Waals surface area contributed by atoms with Gasteiger partial charge in [0.2, 0.25) is 5.91 Å². The Morgan fingerprint density at radius 1 is 1.38 bits per heavy atom. The molecule has 0 saturated heterocycles. The van der Waals surface area contributed by atoms with Crippen LogP contribution in [0.15, 0.2) is 18.2 Å². The third-order valence-corrected chi connectivity index (χ3v) is 3.13. The number of nitrogens with two attached hydrogens (primary N) is 1. The van der Waals surface area contributed by atoms with Gasteiger partial charge in [-0.25, -0.2) is 4.79 Å². The summed E-state index contributed by atoms with van der Waals surface area (Å²) in [7, 11) is 1.48. The molecule has 116 valence electrons. The molecule has 0 aliphatic heterocycles. The molecule has 1 aromatic carbocycles. The standard InChI is InChI=1S/C15H22N2O4/c1-9(2)6-10(8-16)14(18)17-13-7-11(21-3)4-5-12(13)15(19)20/h4-5,7,9-10H,6,8,16H2,1-3H3,(H,17,18)(H,19,20). The average molecular weight is 294 g/mol. The van der Waals surface area contributed by atoms with E-state index < -0.39 is 5.97 Å². The summed E-state index contributed by atoms with van der Waals surface area (Å²) >= 11 is 0. The van der Waals surface area contributed by atoms with Crippen molar-refractivity contribution < 1.29 is 19.4 Å². The number of methoxy groups -OCH3 is 1. The van der Waals surface area contributed by atoms with E-state index >= 15 is 0 Å². The molecular weight excluding hydrogens is 272 g/mol. The van der Waals surface area contributed by atoms with Gasteiger partial charge in [-0.3, -0.25) is 4.79 Å². The number of hydrogen-bond donors (Lipinski definition) is 3. The number of amides is 1. The number of carbonyl (C=O) groups excluding carboxylic acids is 1. The Morgan fingerprint density at radius 3 is 2.52 bits per heavy atom. The molecule has 21 heavy (non-hydrogen) atoms. The number of carboxylic acid groups (broad SMARTS) is 1. The number of aromatic carboxylic acids is 1. The molecule has 0 saturated carbocycles. The lowest BCUT2D eigenvalue weighted by Crippen LogP contribution is -2.30. The number of carbonyl (C=O) groups is 2. The highest BCUT2D eigenvalue weighted by Gasteiger charge is 2.21. The normalized spacial score (nSPS) is 12.0. The maximum Gasteiger partial charge on any atom is 0.337 e. The minimum absolute atomic E-state index is 0.0180. The molecule has 1 amide bonds. The zero-order valence-corrected chi connectivity index (χ0v) is 12.6. The summed E-state index contributed by atoms with van der Waals surface area (Å²) in [5, 5.41) is 11.8. The minimum atomic E-state index is -1.11. The van der Waals surface area contributed by atoms with E-state index in [4.69, 9.17) is 15.6 Å². The number of rotatable bonds is 7. The van der Waals surface area contributed by atoms with Gasteiger partial charge in [0.15, 0.2) is 0 Å². The van der Waals surface area contributed by atoms with E-state index in [2.05, 4.69) is 5.32 Å². The van der Waals surface area contributed by atoms with Crippen LogP contribution in [-0.4, -0.2) is 30.6 Å². The molecule has 0 bridgehead atoms. The molecule has 0 aliphatic carbocycles. The van der Waals surface area contributed by atoms with Gasteiger partial charge in [-0.2, -0.15) is 0 Å². The van der Waals surface area contributed by atoms with E-state index in [1.165, 1.54) is 25.3 Å². The number of nitrogens with one attached hydrogen (secondary N) is 1. The van der Waals surface area contributed by atoms with Gasteiger partial charge in [0.1, 0.15) is 5.75 Å². The molecule has 4 N–H and O–H groups in total. The third kappa shape index (κ3) is 4.75. The van der Waals surface area contributed by atoms with Crippen molar-refractivity contribution in [1.82, 2.24) is 0 Å². The first-order valence-corrected chi connectivity index (χ1v) is 6.81. The maximum atomic E-state index is 12.2. The maximum absolute atomic E-state index is 12.2.